The highest BCUT2D eigenvalue weighted by Crippen LogP contribution is 2.25. The normalized spacial score (nSPS) is 16.3. The van der Waals surface area contributed by atoms with Crippen molar-refractivity contribution in [2.45, 2.75) is 25.7 Å². The number of nitrogens with zero attached hydrogens (tertiary/aromatic N) is 1. The van der Waals surface area contributed by atoms with E-state index in [0.29, 0.717) is 18.8 Å². The Bertz CT molecular complexity index is 685. The van der Waals surface area contributed by atoms with Gasteiger partial charge in [-0.3, -0.25) is 15.4 Å². The molecule has 1 aromatic carbocycles. The van der Waals surface area contributed by atoms with Gasteiger partial charge in [0.05, 0.1) is 5.69 Å². The van der Waals surface area contributed by atoms with Gasteiger partial charge < -0.3 is 25.7 Å². The van der Waals surface area contributed by atoms with Crippen LogP contribution in [0.4, 0.5) is 25.4 Å². The fraction of sp³-hybridized carbons (Fsp3) is 0.400. The molecule has 142 valence electrons. The van der Waals surface area contributed by atoms with E-state index in [9.17, 15) is 18.8 Å². The second-order valence-electron chi connectivity index (χ2n) is 5.77. The molecule has 1 aliphatic heterocycles. The third-order valence-electron chi connectivity index (χ3n) is 3.75. The minimum Gasteiger partial charge on any atom is -0.465 e. The summed E-state index contributed by atoms with van der Waals surface area (Å²) in [5, 5.41) is 26.4. The van der Waals surface area contributed by atoms with Gasteiger partial charge in [-0.2, -0.15) is 0 Å². The molecule has 1 saturated heterocycles. The lowest BCUT2D eigenvalue weighted by atomic mass is 10.2. The van der Waals surface area contributed by atoms with E-state index >= 15 is 0 Å². The van der Waals surface area contributed by atoms with Crippen molar-refractivity contribution in [1.82, 2.24) is 16.0 Å². The molecule has 1 fully saturated rings. The highest BCUT2D eigenvalue weighted by molar-refractivity contribution is 5.73. The first kappa shape index (κ1) is 19.1. The average Bonchev–Trinajstić information content (AvgIpc) is 2.95. The maximum Gasteiger partial charge on any atom is 0.407 e. The molecule has 2 rings (SSSR count). The lowest BCUT2D eigenvalue weighted by Crippen LogP contribution is -2.52. The van der Waals surface area contributed by atoms with Gasteiger partial charge in [0.2, 0.25) is 5.91 Å². The van der Waals surface area contributed by atoms with Crippen molar-refractivity contribution in [3.63, 3.8) is 0 Å². The first-order chi connectivity index (χ1) is 12.2. The van der Waals surface area contributed by atoms with Crippen LogP contribution >= 0.6 is 0 Å². The average molecular weight is 369 g/mol. The lowest BCUT2D eigenvalue weighted by Gasteiger charge is -2.22. The second-order valence-corrected chi connectivity index (χ2v) is 5.77. The minimum atomic E-state index is -1.48. The van der Waals surface area contributed by atoms with Crippen LogP contribution in [0, 0.1) is 5.82 Å². The number of amides is 3. The second kappa shape index (κ2) is 8.23. The molecule has 10 nitrogen and oxygen atoms in total. The first-order valence-corrected chi connectivity index (χ1v) is 7.81. The Kier molecular flexibility index (Phi) is 6.04. The van der Waals surface area contributed by atoms with Crippen molar-refractivity contribution < 1.29 is 29.0 Å². The van der Waals surface area contributed by atoms with Crippen molar-refractivity contribution in [1.29, 1.82) is 0 Å². The largest absolute Gasteiger partial charge is 0.465 e. The van der Waals surface area contributed by atoms with Crippen molar-refractivity contribution in [2.75, 3.05) is 23.3 Å². The number of halogens is 1. The van der Waals surface area contributed by atoms with Crippen molar-refractivity contribution in [3.8, 4) is 0 Å². The number of carbonyl (C=O) groups excluding carboxylic acids is 1. The molecular formula is C15H20FN5O5. The summed E-state index contributed by atoms with van der Waals surface area (Å²) in [5.74, 6) is -0.791. The Balaban J connectivity index is 2.05. The molecule has 1 heterocycles. The van der Waals surface area contributed by atoms with E-state index in [1.807, 2.05) is 15.5 Å². The summed E-state index contributed by atoms with van der Waals surface area (Å²) in [6.07, 6.45) is -3.63. The summed E-state index contributed by atoms with van der Waals surface area (Å²) in [6, 6.07) is 4.27. The molecule has 0 saturated carbocycles. The van der Waals surface area contributed by atoms with E-state index in [0.717, 1.165) is 6.42 Å². The summed E-state index contributed by atoms with van der Waals surface area (Å²) in [4.78, 5) is 34.4. The van der Waals surface area contributed by atoms with Crippen LogP contribution in [0.3, 0.4) is 0 Å². The molecule has 0 bridgehead atoms. The lowest BCUT2D eigenvalue weighted by molar-refractivity contribution is -0.119. The molecule has 0 aromatic heterocycles. The van der Waals surface area contributed by atoms with Crippen LogP contribution in [0.25, 0.3) is 0 Å². The Hall–Kier alpha value is -3.24. The van der Waals surface area contributed by atoms with Gasteiger partial charge >= 0.3 is 12.2 Å². The summed E-state index contributed by atoms with van der Waals surface area (Å²) < 4.78 is 14.3. The SMILES string of the molecule is CC(=O)N[C@@H]1CCN(c2ccc(NC(NC(=O)O)NC(=O)O)c(F)c2)C1. The molecule has 0 radical (unpaired) electrons. The molecule has 6 N–H and O–H groups in total. The monoisotopic (exact) mass is 369 g/mol. The number of rotatable bonds is 6. The van der Waals surface area contributed by atoms with E-state index in [1.165, 1.54) is 19.1 Å². The van der Waals surface area contributed by atoms with Crippen LogP contribution in [0.1, 0.15) is 13.3 Å². The fourth-order valence-corrected chi connectivity index (χ4v) is 2.73. The topological polar surface area (TPSA) is 143 Å². The van der Waals surface area contributed by atoms with E-state index in [1.54, 1.807) is 6.07 Å². The molecule has 1 atom stereocenters. The molecule has 26 heavy (non-hydrogen) atoms. The number of carboxylic acid groups (broad SMARTS) is 2. The summed E-state index contributed by atoms with van der Waals surface area (Å²) in [6.45, 7) is 2.64. The Morgan fingerprint density at radius 1 is 1.23 bits per heavy atom. The van der Waals surface area contributed by atoms with Gasteiger partial charge in [-0.25, -0.2) is 14.0 Å². The van der Waals surface area contributed by atoms with Crippen LogP contribution in [-0.4, -0.2) is 53.7 Å². The van der Waals surface area contributed by atoms with Crippen LogP contribution in [-0.2, 0) is 4.79 Å². The number of anilines is 2. The van der Waals surface area contributed by atoms with Crippen molar-refractivity contribution in [2.24, 2.45) is 0 Å². The minimum absolute atomic E-state index is 0.00252. The number of nitrogens with one attached hydrogen (secondary N) is 4. The number of hydrogen-bond donors (Lipinski definition) is 6. The molecule has 3 amide bonds. The quantitative estimate of drug-likeness (QED) is 0.407. The summed E-state index contributed by atoms with van der Waals surface area (Å²) >= 11 is 0. The van der Waals surface area contributed by atoms with Crippen molar-refractivity contribution in [3.05, 3.63) is 24.0 Å². The predicted molar refractivity (Wildman–Crippen MR) is 90.6 cm³/mol. The van der Waals surface area contributed by atoms with E-state index in [4.69, 9.17) is 10.2 Å². The third-order valence-corrected chi connectivity index (χ3v) is 3.75. The molecule has 1 aliphatic rings. The van der Waals surface area contributed by atoms with Crippen LogP contribution in [0.5, 0.6) is 0 Å². The van der Waals surface area contributed by atoms with Gasteiger partial charge in [0.25, 0.3) is 0 Å². The van der Waals surface area contributed by atoms with Gasteiger partial charge in [0.1, 0.15) is 5.82 Å². The van der Waals surface area contributed by atoms with Crippen LogP contribution < -0.4 is 26.2 Å². The summed E-state index contributed by atoms with van der Waals surface area (Å²) in [7, 11) is 0. The zero-order valence-electron chi connectivity index (χ0n) is 14.0. The van der Waals surface area contributed by atoms with Crippen LogP contribution in [0.15, 0.2) is 18.2 Å². The molecule has 11 heteroatoms. The zero-order chi connectivity index (χ0) is 19.3. The predicted octanol–water partition coefficient (Wildman–Crippen LogP) is 0.771. The maximum absolute atomic E-state index is 14.3. The third kappa shape index (κ3) is 5.40. The van der Waals surface area contributed by atoms with E-state index in [2.05, 4.69) is 10.6 Å². The number of benzene rings is 1. The standard InChI is InChI=1S/C15H20FN5O5/c1-8(22)17-9-4-5-21(7-9)10-2-3-12(11(16)6-10)18-13(19-14(23)24)20-15(25)26/h2-3,6,9,13,18-20H,4-5,7H2,1H3,(H,17,22)(H,23,24)(H,25,26)/t9-/m1/s1. The van der Waals surface area contributed by atoms with Gasteiger partial charge in [-0.1, -0.05) is 0 Å². The smallest absolute Gasteiger partial charge is 0.407 e. The van der Waals surface area contributed by atoms with Gasteiger partial charge in [-0.05, 0) is 24.6 Å². The highest BCUT2D eigenvalue weighted by Gasteiger charge is 2.24. The van der Waals surface area contributed by atoms with Gasteiger partial charge in [0.15, 0.2) is 6.29 Å². The van der Waals surface area contributed by atoms with E-state index < -0.39 is 24.3 Å². The first-order valence-electron chi connectivity index (χ1n) is 7.81. The Morgan fingerprint density at radius 2 is 1.88 bits per heavy atom. The van der Waals surface area contributed by atoms with E-state index in [-0.39, 0.29) is 17.6 Å². The molecular weight excluding hydrogens is 349 g/mol. The van der Waals surface area contributed by atoms with Gasteiger partial charge in [-0.15, -0.1) is 0 Å². The fourth-order valence-electron chi connectivity index (χ4n) is 2.73. The molecule has 0 aliphatic carbocycles. The number of hydrogen-bond acceptors (Lipinski definition) is 5. The van der Waals surface area contributed by atoms with Crippen LogP contribution in [0.2, 0.25) is 0 Å². The maximum atomic E-state index is 14.3. The molecule has 1 aromatic rings. The Morgan fingerprint density at radius 3 is 2.42 bits per heavy atom. The van der Waals surface area contributed by atoms with Crippen molar-refractivity contribution >= 4 is 29.5 Å². The highest BCUT2D eigenvalue weighted by atomic mass is 19.1. The van der Waals surface area contributed by atoms with Gasteiger partial charge in [0, 0.05) is 31.7 Å². The Labute approximate surface area is 148 Å². The molecule has 0 spiro atoms. The summed E-state index contributed by atoms with van der Waals surface area (Å²) in [5.41, 5.74) is 0.536. The zero-order valence-corrected chi connectivity index (χ0v) is 14.0. The number of carbonyl (C=O) groups is 3. The molecule has 0 unspecified atom stereocenters.